The van der Waals surface area contributed by atoms with Crippen LogP contribution in [0.3, 0.4) is 0 Å². The van der Waals surface area contributed by atoms with E-state index >= 15 is 0 Å². The third kappa shape index (κ3) is 9.89. The standard InChI is InChI=1S/C53H64ClN7O7/c1-31(2)46(44-23-32(3)58-68-44)49(66)61-30-39(62)24-43(61)48(65)56-42(34-11-9-8-10-12-34)26-45(63)59-21-19-38(20-22-59)60-28-37(29-60)33-13-15-35(16-14-33)47(64)57-50-52(4,5)51(53(50,6)7)67-40-18-17-36(27-55)41(54)25-40/h8-18,23,25,31,37-39,42-43,46,50-51,62H,19-22,24,26,28-30H2,1-7H3,(H,56,65)(H,57,64)/t39-,42+,43+,46-,50?,51?/m1/s1. The molecule has 14 nitrogen and oxygen atoms in total. The number of β-amino-alcohol motifs (C(OH)–C–C–N with tert-alkyl or cyclic N) is 1. The van der Waals surface area contributed by atoms with Gasteiger partial charge in [-0.2, -0.15) is 5.26 Å². The van der Waals surface area contributed by atoms with E-state index in [2.05, 4.69) is 66.6 Å². The van der Waals surface area contributed by atoms with Gasteiger partial charge in [-0.1, -0.05) is 101 Å². The van der Waals surface area contributed by atoms with E-state index in [1.807, 2.05) is 61.2 Å². The van der Waals surface area contributed by atoms with Gasteiger partial charge in [0.25, 0.3) is 5.91 Å². The summed E-state index contributed by atoms with van der Waals surface area (Å²) in [6, 6.07) is 24.9. The van der Waals surface area contributed by atoms with Crippen LogP contribution in [0.1, 0.15) is 124 Å². The molecule has 15 heteroatoms. The Labute approximate surface area is 404 Å². The van der Waals surface area contributed by atoms with Gasteiger partial charge >= 0.3 is 0 Å². The summed E-state index contributed by atoms with van der Waals surface area (Å²) in [6.45, 7) is 17.0. The summed E-state index contributed by atoms with van der Waals surface area (Å²) in [5.41, 5.74) is 2.90. The van der Waals surface area contributed by atoms with Crippen LogP contribution in [0.25, 0.3) is 0 Å². The topological polar surface area (TPSA) is 181 Å². The Morgan fingerprint density at radius 1 is 0.956 bits per heavy atom. The van der Waals surface area contributed by atoms with E-state index in [-0.39, 0.29) is 66.0 Å². The molecule has 4 amide bonds. The maximum absolute atomic E-state index is 14.1. The van der Waals surface area contributed by atoms with Crippen LogP contribution < -0.4 is 15.4 Å². The van der Waals surface area contributed by atoms with Crippen molar-refractivity contribution in [1.82, 2.24) is 30.5 Å². The van der Waals surface area contributed by atoms with E-state index in [4.69, 9.17) is 20.9 Å². The number of nitrogens with one attached hydrogen (secondary N) is 2. The van der Waals surface area contributed by atoms with Crippen molar-refractivity contribution in [3.8, 4) is 11.8 Å². The van der Waals surface area contributed by atoms with Gasteiger partial charge in [0.05, 0.1) is 34.8 Å². The van der Waals surface area contributed by atoms with Crippen molar-refractivity contribution in [3.63, 3.8) is 0 Å². The SMILES string of the molecule is Cc1cc([C@H](C(=O)N2C[C@H](O)C[C@H]2C(=O)N[C@@H](CC(=O)N2CCC(N3CC(c4ccc(C(=O)NC5C(C)(C)C(Oc6ccc(C#N)c(Cl)c6)C5(C)C)cc4)C3)CC2)c2ccccc2)C(C)C)on1. The summed E-state index contributed by atoms with van der Waals surface area (Å²) in [5, 5.41) is 30.7. The number of likely N-dealkylation sites (tertiary alicyclic amines) is 3. The van der Waals surface area contributed by atoms with Gasteiger partial charge in [-0.25, -0.2) is 0 Å². The Bertz CT molecular complexity index is 2510. The molecular formula is C53H64ClN7O7. The number of aromatic nitrogens is 1. The van der Waals surface area contributed by atoms with E-state index < -0.39 is 30.0 Å². The van der Waals surface area contributed by atoms with Crippen molar-refractivity contribution >= 4 is 35.2 Å². The zero-order chi connectivity index (χ0) is 48.7. The molecule has 4 heterocycles. The molecule has 1 aromatic heterocycles. The van der Waals surface area contributed by atoms with Gasteiger partial charge in [0.15, 0.2) is 0 Å². The Kier molecular flexibility index (Phi) is 14.1. The summed E-state index contributed by atoms with van der Waals surface area (Å²) in [4.78, 5) is 61.5. The number of aryl methyl sites for hydroxylation is 1. The highest BCUT2D eigenvalue weighted by molar-refractivity contribution is 6.31. The molecule has 3 N–H and O–H groups in total. The number of ether oxygens (including phenoxy) is 1. The van der Waals surface area contributed by atoms with Crippen molar-refractivity contribution in [1.29, 1.82) is 5.26 Å². The van der Waals surface area contributed by atoms with Crippen LogP contribution in [0.4, 0.5) is 0 Å². The molecule has 360 valence electrons. The number of benzene rings is 3. The number of nitrogens with zero attached hydrogens (tertiary/aromatic N) is 5. The lowest BCUT2D eigenvalue weighted by Crippen LogP contribution is -2.74. The molecule has 4 atom stereocenters. The average Bonchev–Trinajstić information content (AvgIpc) is 3.91. The predicted octanol–water partition coefficient (Wildman–Crippen LogP) is 7.16. The Hall–Kier alpha value is -5.75. The zero-order valence-corrected chi connectivity index (χ0v) is 40.8. The molecule has 8 rings (SSSR count). The van der Waals surface area contributed by atoms with Crippen LogP contribution in [-0.2, 0) is 14.4 Å². The number of carbonyl (C=O) groups is 4. The van der Waals surface area contributed by atoms with E-state index in [1.54, 1.807) is 31.2 Å². The first-order chi connectivity index (χ1) is 32.3. The highest BCUT2D eigenvalue weighted by Crippen LogP contribution is 2.55. The Balaban J connectivity index is 0.814. The first kappa shape index (κ1) is 48.7. The molecule has 4 fully saturated rings. The van der Waals surface area contributed by atoms with Gasteiger partial charge in [0.1, 0.15) is 35.6 Å². The molecular weight excluding hydrogens is 882 g/mol. The number of halogens is 1. The molecule has 0 spiro atoms. The summed E-state index contributed by atoms with van der Waals surface area (Å²) in [7, 11) is 0. The van der Waals surface area contributed by atoms with Gasteiger partial charge < -0.3 is 34.8 Å². The largest absolute Gasteiger partial charge is 0.489 e. The van der Waals surface area contributed by atoms with Gasteiger partial charge in [0.2, 0.25) is 17.7 Å². The number of hydrogen-bond acceptors (Lipinski definition) is 10. The Morgan fingerprint density at radius 2 is 1.63 bits per heavy atom. The van der Waals surface area contributed by atoms with Crippen molar-refractivity contribution < 1.29 is 33.5 Å². The van der Waals surface area contributed by atoms with Gasteiger partial charge in [-0.15, -0.1) is 0 Å². The van der Waals surface area contributed by atoms with Crippen LogP contribution in [-0.4, -0.2) is 112 Å². The molecule has 0 unspecified atom stereocenters. The minimum absolute atomic E-state index is 0.0249. The normalized spacial score (nSPS) is 23.5. The van der Waals surface area contributed by atoms with Crippen molar-refractivity contribution in [3.05, 3.63) is 118 Å². The average molecular weight is 947 g/mol. The summed E-state index contributed by atoms with van der Waals surface area (Å²) < 4.78 is 11.9. The number of carbonyl (C=O) groups excluding carboxylic acids is 4. The molecule has 1 saturated carbocycles. The molecule has 3 saturated heterocycles. The van der Waals surface area contributed by atoms with E-state index in [0.29, 0.717) is 58.4 Å². The van der Waals surface area contributed by atoms with E-state index in [0.717, 1.165) is 31.5 Å². The second-order valence-electron chi connectivity index (χ2n) is 20.8. The number of rotatable bonds is 14. The van der Waals surface area contributed by atoms with Crippen LogP contribution >= 0.6 is 11.6 Å². The maximum atomic E-state index is 14.1. The third-order valence-electron chi connectivity index (χ3n) is 15.0. The molecule has 4 aromatic rings. The smallest absolute Gasteiger partial charge is 0.251 e. The lowest BCUT2D eigenvalue weighted by Gasteiger charge is -2.63. The fourth-order valence-corrected chi connectivity index (χ4v) is 11.7. The zero-order valence-electron chi connectivity index (χ0n) is 40.1. The van der Waals surface area contributed by atoms with Gasteiger partial charge in [-0.05, 0) is 61.1 Å². The second kappa shape index (κ2) is 19.7. The number of hydrogen-bond donors (Lipinski definition) is 3. The van der Waals surface area contributed by atoms with Crippen molar-refractivity contribution in [2.24, 2.45) is 16.7 Å². The quantitative estimate of drug-likeness (QED) is 0.117. The van der Waals surface area contributed by atoms with Crippen molar-refractivity contribution in [2.75, 3.05) is 32.7 Å². The highest BCUT2D eigenvalue weighted by atomic mass is 35.5. The predicted molar refractivity (Wildman–Crippen MR) is 257 cm³/mol. The fraction of sp³-hybridized carbons (Fsp3) is 0.509. The molecule has 3 aromatic carbocycles. The van der Waals surface area contributed by atoms with Gasteiger partial charge in [-0.3, -0.25) is 24.1 Å². The first-order valence-electron chi connectivity index (χ1n) is 23.9. The minimum atomic E-state index is -0.908. The van der Waals surface area contributed by atoms with Crippen LogP contribution in [0, 0.1) is 35.0 Å². The first-order valence-corrected chi connectivity index (χ1v) is 24.3. The van der Waals surface area contributed by atoms with E-state index in [9.17, 15) is 29.5 Å². The van der Waals surface area contributed by atoms with Crippen molar-refractivity contribution in [2.45, 2.75) is 122 Å². The Morgan fingerprint density at radius 3 is 2.24 bits per heavy atom. The van der Waals surface area contributed by atoms with Crippen LogP contribution in [0.5, 0.6) is 5.75 Å². The minimum Gasteiger partial charge on any atom is -0.489 e. The lowest BCUT2D eigenvalue weighted by atomic mass is 9.49. The summed E-state index contributed by atoms with van der Waals surface area (Å²) in [6.07, 6.45) is 0.794. The molecule has 1 aliphatic carbocycles. The summed E-state index contributed by atoms with van der Waals surface area (Å²) >= 11 is 6.27. The van der Waals surface area contributed by atoms with Crippen LogP contribution in [0.15, 0.2) is 83.4 Å². The molecule has 68 heavy (non-hydrogen) atoms. The van der Waals surface area contributed by atoms with Crippen LogP contribution in [0.2, 0.25) is 5.02 Å². The molecule has 0 radical (unpaired) electrons. The monoisotopic (exact) mass is 945 g/mol. The second-order valence-corrected chi connectivity index (χ2v) is 21.3. The number of amides is 4. The number of piperidine rings is 1. The number of aliphatic hydroxyl groups excluding tert-OH is 1. The number of nitriles is 1. The molecule has 3 aliphatic heterocycles. The third-order valence-corrected chi connectivity index (χ3v) is 15.3. The lowest BCUT2D eigenvalue weighted by molar-refractivity contribution is -0.164. The highest BCUT2D eigenvalue weighted by Gasteiger charge is 2.64. The number of aliphatic hydroxyl groups is 1. The molecule has 4 aliphatic rings. The van der Waals surface area contributed by atoms with E-state index in [1.165, 1.54) is 10.5 Å². The van der Waals surface area contributed by atoms with Gasteiger partial charge in [0, 0.05) is 85.7 Å². The summed E-state index contributed by atoms with van der Waals surface area (Å²) in [5.74, 6) is -0.321. The molecule has 0 bridgehead atoms. The fourth-order valence-electron chi connectivity index (χ4n) is 11.5. The maximum Gasteiger partial charge on any atom is 0.251 e.